The van der Waals surface area contributed by atoms with Crippen molar-refractivity contribution in [3.63, 3.8) is 0 Å². The molecule has 0 spiro atoms. The van der Waals surface area contributed by atoms with Crippen LogP contribution in [-0.2, 0) is 19.1 Å². The third kappa shape index (κ3) is 2.88. The van der Waals surface area contributed by atoms with E-state index in [1.165, 1.54) is 6.92 Å². The maximum Gasteiger partial charge on any atom is 0.210 e. The van der Waals surface area contributed by atoms with Crippen molar-refractivity contribution in [2.45, 2.75) is 59.2 Å². The summed E-state index contributed by atoms with van der Waals surface area (Å²) >= 11 is 0. The Morgan fingerprint density at radius 1 is 1.12 bits per heavy atom. The van der Waals surface area contributed by atoms with E-state index in [9.17, 15) is 19.5 Å². The van der Waals surface area contributed by atoms with Crippen molar-refractivity contribution in [1.29, 1.82) is 0 Å². The molecule has 2 aliphatic rings. The zero-order valence-electron chi connectivity index (χ0n) is 14.8. The Morgan fingerprint density at radius 2 is 1.71 bits per heavy atom. The van der Waals surface area contributed by atoms with Gasteiger partial charge in [0.05, 0.1) is 5.92 Å². The van der Waals surface area contributed by atoms with Crippen LogP contribution in [0.2, 0.25) is 0 Å². The molecule has 2 rings (SSSR count). The molecule has 0 amide bonds. The Hall–Kier alpha value is -2.01. The van der Waals surface area contributed by atoms with Crippen LogP contribution < -0.4 is 0 Å². The maximum atomic E-state index is 12.7. The molecular weight excluding hydrogens is 308 g/mol. The molecule has 0 radical (unpaired) electrons. The van der Waals surface area contributed by atoms with Gasteiger partial charge in [-0.1, -0.05) is 23.3 Å². The molecule has 1 N–H and O–H groups in total. The fourth-order valence-electron chi connectivity index (χ4n) is 3.04. The molecule has 0 aromatic heterocycles. The number of ketones is 3. The first-order valence-corrected chi connectivity index (χ1v) is 8.12. The summed E-state index contributed by atoms with van der Waals surface area (Å²) in [6, 6.07) is 0. The predicted molar refractivity (Wildman–Crippen MR) is 89.1 cm³/mol. The number of Topliss-reactive ketones (excluding diaryl/α,β-unsaturated/α-hetero) is 3. The van der Waals surface area contributed by atoms with Gasteiger partial charge in [-0.2, -0.15) is 0 Å². The average molecular weight is 332 g/mol. The summed E-state index contributed by atoms with van der Waals surface area (Å²) in [7, 11) is 0. The summed E-state index contributed by atoms with van der Waals surface area (Å²) in [5.41, 5.74) is -0.300. The summed E-state index contributed by atoms with van der Waals surface area (Å²) in [6.45, 7) is 8.95. The largest absolute Gasteiger partial charge is 0.482 e. The first-order chi connectivity index (χ1) is 11.1. The van der Waals surface area contributed by atoms with E-state index in [-0.39, 0.29) is 24.2 Å². The molecule has 1 aliphatic carbocycles. The second-order valence-corrected chi connectivity index (χ2v) is 6.94. The van der Waals surface area contributed by atoms with Gasteiger partial charge in [0.2, 0.25) is 5.78 Å². The van der Waals surface area contributed by atoms with Gasteiger partial charge in [-0.05, 0) is 41.0 Å². The summed E-state index contributed by atoms with van der Waals surface area (Å²) in [6.07, 6.45) is 2.82. The molecule has 24 heavy (non-hydrogen) atoms. The molecule has 0 fully saturated rings. The number of carbonyl (C=O) groups excluding carboxylic acids is 3. The molecular formula is C19H24O5. The van der Waals surface area contributed by atoms with Crippen LogP contribution in [0.25, 0.3) is 0 Å². The third-order valence-corrected chi connectivity index (χ3v) is 4.43. The summed E-state index contributed by atoms with van der Waals surface area (Å²) in [5.74, 6) is -2.62. The first-order valence-electron chi connectivity index (χ1n) is 8.12. The van der Waals surface area contributed by atoms with Crippen molar-refractivity contribution in [3.8, 4) is 0 Å². The van der Waals surface area contributed by atoms with Crippen LogP contribution in [0.15, 0.2) is 34.6 Å². The second kappa shape index (κ2) is 6.48. The fraction of sp³-hybridized carbons (Fsp3) is 0.526. The van der Waals surface area contributed by atoms with Crippen molar-refractivity contribution in [1.82, 2.24) is 0 Å². The minimum absolute atomic E-state index is 0.0137. The minimum atomic E-state index is -2.06. The van der Waals surface area contributed by atoms with Gasteiger partial charge < -0.3 is 9.84 Å². The minimum Gasteiger partial charge on any atom is -0.482 e. The monoisotopic (exact) mass is 332 g/mol. The van der Waals surface area contributed by atoms with Crippen LogP contribution in [0.4, 0.5) is 0 Å². The molecule has 0 saturated carbocycles. The van der Waals surface area contributed by atoms with Crippen molar-refractivity contribution in [2.24, 2.45) is 5.92 Å². The summed E-state index contributed by atoms with van der Waals surface area (Å²) < 4.78 is 5.45. The lowest BCUT2D eigenvalue weighted by atomic mass is 9.80. The molecule has 0 saturated heterocycles. The Kier molecular flexibility index (Phi) is 4.95. The van der Waals surface area contributed by atoms with E-state index in [1.54, 1.807) is 12.2 Å². The third-order valence-electron chi connectivity index (χ3n) is 4.43. The summed E-state index contributed by atoms with van der Waals surface area (Å²) in [4.78, 5) is 37.6. The number of ether oxygens (including phenoxy) is 1. The zero-order chi connectivity index (χ0) is 18.2. The molecule has 130 valence electrons. The molecule has 5 heteroatoms. The molecule has 2 unspecified atom stereocenters. The van der Waals surface area contributed by atoms with E-state index < -0.39 is 35.0 Å². The van der Waals surface area contributed by atoms with E-state index in [1.807, 2.05) is 27.7 Å². The number of hydrogen-bond acceptors (Lipinski definition) is 5. The Morgan fingerprint density at radius 3 is 2.25 bits per heavy atom. The average Bonchev–Trinajstić information content (AvgIpc) is 2.90. The van der Waals surface area contributed by atoms with Gasteiger partial charge in [0, 0.05) is 6.42 Å². The van der Waals surface area contributed by atoms with Crippen LogP contribution in [0, 0.1) is 5.92 Å². The highest BCUT2D eigenvalue weighted by atomic mass is 16.5. The van der Waals surface area contributed by atoms with Crippen LogP contribution in [0.3, 0.4) is 0 Å². The molecule has 0 bridgehead atoms. The van der Waals surface area contributed by atoms with E-state index in [0.29, 0.717) is 0 Å². The number of hydrogen-bond donors (Lipinski definition) is 1. The van der Waals surface area contributed by atoms with E-state index in [0.717, 1.165) is 11.1 Å². The number of aliphatic hydroxyl groups is 1. The topological polar surface area (TPSA) is 80.7 Å². The van der Waals surface area contributed by atoms with Crippen molar-refractivity contribution >= 4 is 17.3 Å². The normalized spacial score (nSPS) is 28.6. The van der Waals surface area contributed by atoms with Gasteiger partial charge in [0.15, 0.2) is 29.0 Å². The number of rotatable bonds is 5. The SMILES string of the molecule is CC(C)=CCC(=O)[C@@]1(O)C2=C(C(=O)C(C)O2)C(=O)C1CC=C(C)C. The standard InChI is InChI=1S/C19H24O5/c1-10(2)6-8-13-17(22)15-16(21)12(5)24-18(15)19(13,23)14(20)9-7-11(3)4/h6-7,12-13,23H,8-9H2,1-5H3/t12?,13?,19-/m1/s1. The van der Waals surface area contributed by atoms with Gasteiger partial charge in [-0.15, -0.1) is 0 Å². The smallest absolute Gasteiger partial charge is 0.210 e. The quantitative estimate of drug-likeness (QED) is 0.618. The van der Waals surface area contributed by atoms with Gasteiger partial charge in [0.25, 0.3) is 0 Å². The van der Waals surface area contributed by atoms with Crippen LogP contribution in [0.1, 0.15) is 47.5 Å². The van der Waals surface area contributed by atoms with Crippen LogP contribution in [0.5, 0.6) is 0 Å². The van der Waals surface area contributed by atoms with Crippen LogP contribution in [-0.4, -0.2) is 34.2 Å². The molecule has 0 aromatic rings. The Labute approximate surface area is 142 Å². The lowest BCUT2D eigenvalue weighted by molar-refractivity contribution is -0.147. The molecule has 5 nitrogen and oxygen atoms in total. The highest BCUT2D eigenvalue weighted by Crippen LogP contribution is 2.46. The zero-order valence-corrected chi connectivity index (χ0v) is 14.8. The van der Waals surface area contributed by atoms with Gasteiger partial charge >= 0.3 is 0 Å². The van der Waals surface area contributed by atoms with Crippen LogP contribution >= 0.6 is 0 Å². The Bertz CT molecular complexity index is 687. The first kappa shape index (κ1) is 18.3. The highest BCUT2D eigenvalue weighted by Gasteiger charge is 2.62. The number of allylic oxidation sites excluding steroid dienone is 4. The van der Waals surface area contributed by atoms with E-state index >= 15 is 0 Å². The fourth-order valence-corrected chi connectivity index (χ4v) is 3.04. The van der Waals surface area contributed by atoms with Gasteiger partial charge in [0.1, 0.15) is 5.57 Å². The van der Waals surface area contributed by atoms with Gasteiger partial charge in [-0.3, -0.25) is 14.4 Å². The highest BCUT2D eigenvalue weighted by molar-refractivity contribution is 6.28. The molecule has 3 atom stereocenters. The van der Waals surface area contributed by atoms with Crippen molar-refractivity contribution < 1.29 is 24.2 Å². The lowest BCUT2D eigenvalue weighted by Gasteiger charge is -2.30. The Balaban J connectivity index is 2.48. The second-order valence-electron chi connectivity index (χ2n) is 6.94. The van der Waals surface area contributed by atoms with Gasteiger partial charge in [-0.25, -0.2) is 0 Å². The predicted octanol–water partition coefficient (Wildman–Crippen LogP) is 2.44. The molecule has 1 aliphatic heterocycles. The van der Waals surface area contributed by atoms with E-state index in [4.69, 9.17) is 4.74 Å². The molecule has 0 aromatic carbocycles. The van der Waals surface area contributed by atoms with E-state index in [2.05, 4.69) is 0 Å². The van der Waals surface area contributed by atoms with Crippen molar-refractivity contribution in [3.05, 3.63) is 34.6 Å². The van der Waals surface area contributed by atoms with Crippen molar-refractivity contribution in [2.75, 3.05) is 0 Å². The molecule has 1 heterocycles. The maximum absolute atomic E-state index is 12.7. The lowest BCUT2D eigenvalue weighted by Crippen LogP contribution is -2.47. The number of carbonyl (C=O) groups is 3. The summed E-state index contributed by atoms with van der Waals surface area (Å²) in [5, 5.41) is 11.2.